The third-order valence-corrected chi connectivity index (χ3v) is 2.20. The molecule has 0 aromatic rings. The summed E-state index contributed by atoms with van der Waals surface area (Å²) in [5.41, 5.74) is -0.978. The molecule has 0 rings (SSSR count). The summed E-state index contributed by atoms with van der Waals surface area (Å²) in [6, 6.07) is 0. The van der Waals surface area contributed by atoms with Gasteiger partial charge in [-0.1, -0.05) is 20.8 Å². The lowest BCUT2D eigenvalue weighted by atomic mass is 9.99. The van der Waals surface area contributed by atoms with Gasteiger partial charge >= 0.3 is 6.09 Å². The van der Waals surface area contributed by atoms with Gasteiger partial charge in [0.2, 0.25) is 0 Å². The first-order chi connectivity index (χ1) is 6.99. The normalized spacial score (nSPS) is 11.6. The molecule has 5 nitrogen and oxygen atoms in total. The number of aliphatic hydroxyl groups is 2. The third-order valence-electron chi connectivity index (χ3n) is 2.20. The molecule has 0 aliphatic rings. The van der Waals surface area contributed by atoms with E-state index in [4.69, 9.17) is 14.9 Å². The number of aliphatic hydroxyl groups excluding tert-OH is 2. The first-order valence-electron chi connectivity index (χ1n) is 5.16. The largest absolute Gasteiger partial charge is 0.449 e. The quantitative estimate of drug-likeness (QED) is 0.608. The van der Waals surface area contributed by atoms with E-state index in [1.54, 1.807) is 6.92 Å². The van der Waals surface area contributed by atoms with Gasteiger partial charge in [0.25, 0.3) is 0 Å². The second kappa shape index (κ2) is 6.63. The van der Waals surface area contributed by atoms with E-state index in [0.29, 0.717) is 13.0 Å². The number of nitrogens with one attached hydrogen (secondary N) is 1. The Balaban J connectivity index is 4.11. The van der Waals surface area contributed by atoms with E-state index in [0.717, 1.165) is 0 Å². The summed E-state index contributed by atoms with van der Waals surface area (Å²) in [7, 11) is 0. The first kappa shape index (κ1) is 14.2. The van der Waals surface area contributed by atoms with Gasteiger partial charge in [-0.05, 0) is 12.3 Å². The molecule has 0 aromatic carbocycles. The fraction of sp³-hybridized carbons (Fsp3) is 0.900. The zero-order valence-electron chi connectivity index (χ0n) is 9.62. The van der Waals surface area contributed by atoms with Crippen molar-refractivity contribution in [1.29, 1.82) is 0 Å². The van der Waals surface area contributed by atoms with Gasteiger partial charge in [0.1, 0.15) is 0 Å². The highest BCUT2D eigenvalue weighted by molar-refractivity contribution is 5.68. The van der Waals surface area contributed by atoms with Crippen molar-refractivity contribution in [2.75, 3.05) is 19.8 Å². The average Bonchev–Trinajstić information content (AvgIpc) is 2.23. The van der Waals surface area contributed by atoms with E-state index in [1.165, 1.54) is 0 Å². The number of rotatable bonds is 6. The Labute approximate surface area is 90.4 Å². The third kappa shape index (κ3) is 4.99. The molecule has 0 radical (unpaired) electrons. The van der Waals surface area contributed by atoms with Crippen LogP contribution in [-0.2, 0) is 4.74 Å². The van der Waals surface area contributed by atoms with E-state index >= 15 is 0 Å². The number of alkyl carbamates (subject to hydrolysis) is 1. The van der Waals surface area contributed by atoms with E-state index in [1.807, 2.05) is 13.8 Å². The maximum absolute atomic E-state index is 11.3. The summed E-state index contributed by atoms with van der Waals surface area (Å²) < 4.78 is 4.89. The molecule has 0 fully saturated rings. The highest BCUT2D eigenvalue weighted by atomic mass is 16.5. The summed E-state index contributed by atoms with van der Waals surface area (Å²) in [5, 5.41) is 20.6. The molecule has 0 bridgehead atoms. The number of amides is 1. The van der Waals surface area contributed by atoms with Crippen LogP contribution in [0.15, 0.2) is 0 Å². The molecular weight excluding hydrogens is 198 g/mol. The Hall–Kier alpha value is -0.810. The lowest BCUT2D eigenvalue weighted by molar-refractivity contribution is 0.0689. The van der Waals surface area contributed by atoms with Crippen LogP contribution in [0.2, 0.25) is 0 Å². The molecule has 1 amide bonds. The molecule has 15 heavy (non-hydrogen) atoms. The average molecular weight is 219 g/mol. The Morgan fingerprint density at radius 2 is 1.93 bits per heavy atom. The predicted molar refractivity (Wildman–Crippen MR) is 56.5 cm³/mol. The van der Waals surface area contributed by atoms with Crippen molar-refractivity contribution in [2.45, 2.75) is 32.7 Å². The summed E-state index contributed by atoms with van der Waals surface area (Å²) >= 11 is 0. The number of hydrogen-bond acceptors (Lipinski definition) is 4. The smallest absolute Gasteiger partial charge is 0.407 e. The van der Waals surface area contributed by atoms with Gasteiger partial charge in [0.05, 0.1) is 25.4 Å². The van der Waals surface area contributed by atoms with Crippen molar-refractivity contribution in [2.24, 2.45) is 5.92 Å². The fourth-order valence-electron chi connectivity index (χ4n) is 0.936. The zero-order chi connectivity index (χ0) is 11.9. The summed E-state index contributed by atoms with van der Waals surface area (Å²) in [6.07, 6.45) is -0.162. The zero-order valence-corrected chi connectivity index (χ0v) is 9.62. The number of hydrogen-bond donors (Lipinski definition) is 3. The van der Waals surface area contributed by atoms with Crippen LogP contribution in [0.4, 0.5) is 4.79 Å². The molecule has 3 N–H and O–H groups in total. The second-order valence-corrected chi connectivity index (χ2v) is 4.07. The van der Waals surface area contributed by atoms with Gasteiger partial charge in [-0.15, -0.1) is 0 Å². The van der Waals surface area contributed by atoms with Crippen LogP contribution in [0.5, 0.6) is 0 Å². The molecule has 0 unspecified atom stereocenters. The number of carbonyl (C=O) groups is 1. The highest BCUT2D eigenvalue weighted by Gasteiger charge is 2.29. The lowest BCUT2D eigenvalue weighted by Gasteiger charge is -2.29. The van der Waals surface area contributed by atoms with Gasteiger partial charge < -0.3 is 20.3 Å². The van der Waals surface area contributed by atoms with Crippen molar-refractivity contribution >= 4 is 6.09 Å². The maximum atomic E-state index is 11.3. The van der Waals surface area contributed by atoms with Gasteiger partial charge in [-0.3, -0.25) is 0 Å². The van der Waals surface area contributed by atoms with Crippen LogP contribution in [0, 0.1) is 5.92 Å². The number of ether oxygens (including phenoxy) is 1. The van der Waals surface area contributed by atoms with Gasteiger partial charge in [-0.25, -0.2) is 4.79 Å². The first-order valence-corrected chi connectivity index (χ1v) is 5.16. The van der Waals surface area contributed by atoms with Gasteiger partial charge in [-0.2, -0.15) is 0 Å². The van der Waals surface area contributed by atoms with E-state index in [-0.39, 0.29) is 19.1 Å². The molecule has 0 aromatic heterocycles. The van der Waals surface area contributed by atoms with Crippen LogP contribution in [0.25, 0.3) is 0 Å². The van der Waals surface area contributed by atoms with E-state index in [9.17, 15) is 4.79 Å². The van der Waals surface area contributed by atoms with Gasteiger partial charge in [0, 0.05) is 0 Å². The van der Waals surface area contributed by atoms with Crippen LogP contribution >= 0.6 is 0 Å². The van der Waals surface area contributed by atoms with E-state index in [2.05, 4.69) is 5.32 Å². The Kier molecular flexibility index (Phi) is 6.27. The minimum absolute atomic E-state index is 0.259. The van der Waals surface area contributed by atoms with Crippen LogP contribution < -0.4 is 5.32 Å². The van der Waals surface area contributed by atoms with Crippen LogP contribution in [-0.4, -0.2) is 41.7 Å². The SMILES string of the molecule is CCC(CO)(CO)NC(=O)OCC(C)C. The number of carbonyl (C=O) groups excluding carboxylic acids is 1. The van der Waals surface area contributed by atoms with Gasteiger partial charge in [0.15, 0.2) is 0 Å². The molecule has 0 aliphatic carbocycles. The summed E-state index contributed by atoms with van der Waals surface area (Å²) in [4.78, 5) is 11.3. The maximum Gasteiger partial charge on any atom is 0.407 e. The predicted octanol–water partition coefficient (Wildman–Crippen LogP) is 0.502. The second-order valence-electron chi connectivity index (χ2n) is 4.07. The lowest BCUT2D eigenvalue weighted by Crippen LogP contribution is -2.54. The van der Waals surface area contributed by atoms with Crippen molar-refractivity contribution in [1.82, 2.24) is 5.32 Å². The monoisotopic (exact) mass is 219 g/mol. The van der Waals surface area contributed by atoms with E-state index < -0.39 is 11.6 Å². The molecule has 0 saturated carbocycles. The minimum atomic E-state index is -0.978. The molecule has 90 valence electrons. The fourth-order valence-corrected chi connectivity index (χ4v) is 0.936. The summed E-state index contributed by atoms with van der Waals surface area (Å²) in [6.45, 7) is 5.34. The Morgan fingerprint density at radius 3 is 2.27 bits per heavy atom. The van der Waals surface area contributed by atoms with Crippen LogP contribution in [0.1, 0.15) is 27.2 Å². The molecular formula is C10H21NO4. The standard InChI is InChI=1S/C10H21NO4/c1-4-10(6-12,7-13)11-9(14)15-5-8(2)3/h8,12-13H,4-7H2,1-3H3,(H,11,14). The van der Waals surface area contributed by atoms with Crippen molar-refractivity contribution in [3.8, 4) is 0 Å². The van der Waals surface area contributed by atoms with Crippen molar-refractivity contribution in [3.05, 3.63) is 0 Å². The van der Waals surface area contributed by atoms with Crippen molar-refractivity contribution in [3.63, 3.8) is 0 Å². The molecule has 0 heterocycles. The van der Waals surface area contributed by atoms with Crippen LogP contribution in [0.3, 0.4) is 0 Å². The Bertz CT molecular complexity index is 182. The topological polar surface area (TPSA) is 78.8 Å². The highest BCUT2D eigenvalue weighted by Crippen LogP contribution is 2.08. The molecule has 0 saturated heterocycles. The minimum Gasteiger partial charge on any atom is -0.449 e. The molecule has 0 atom stereocenters. The Morgan fingerprint density at radius 1 is 1.40 bits per heavy atom. The molecule has 0 aliphatic heterocycles. The van der Waals surface area contributed by atoms with Crippen molar-refractivity contribution < 1.29 is 19.7 Å². The molecule has 0 spiro atoms. The summed E-state index contributed by atoms with van der Waals surface area (Å²) in [5.74, 6) is 0.259. The molecule has 5 heteroatoms.